The Kier molecular flexibility index (Phi) is 5.65. The first-order valence-corrected chi connectivity index (χ1v) is 7.22. The van der Waals surface area contributed by atoms with Crippen LogP contribution in [0.2, 0.25) is 0 Å². The summed E-state index contributed by atoms with van der Waals surface area (Å²) in [5, 5.41) is 0. The van der Waals surface area contributed by atoms with Crippen molar-refractivity contribution in [3.8, 4) is 0 Å². The Hall–Kier alpha value is -0.870. The molecular weight excluding hydrogens is 236 g/mol. The van der Waals surface area contributed by atoms with E-state index in [1.165, 1.54) is 0 Å². The number of aryl methyl sites for hydroxylation is 1. The van der Waals surface area contributed by atoms with E-state index in [1.54, 1.807) is 24.3 Å². The number of hydrogen-bond donors (Lipinski definition) is 0. The molecule has 0 atom stereocenters. The van der Waals surface area contributed by atoms with E-state index in [0.29, 0.717) is 0 Å². The van der Waals surface area contributed by atoms with Crippen molar-refractivity contribution in [1.82, 2.24) is 0 Å². The molecule has 1 aromatic rings. The van der Waals surface area contributed by atoms with Gasteiger partial charge in [-0.05, 0) is 25.5 Å². The predicted molar refractivity (Wildman–Crippen MR) is 68.1 cm³/mol. The van der Waals surface area contributed by atoms with Gasteiger partial charge in [-0.25, -0.2) is 0 Å². The number of rotatable bonds is 7. The van der Waals surface area contributed by atoms with Gasteiger partial charge in [0.05, 0.1) is 11.5 Å². The summed E-state index contributed by atoms with van der Waals surface area (Å²) in [6, 6.07) is 6.67. The summed E-state index contributed by atoms with van der Waals surface area (Å²) in [7, 11) is -3.58. The van der Waals surface area contributed by atoms with Crippen LogP contribution in [0.25, 0.3) is 0 Å². The van der Waals surface area contributed by atoms with E-state index in [2.05, 4.69) is 6.92 Å². The molecule has 0 N–H and O–H groups in total. The Morgan fingerprint density at radius 2 is 1.76 bits per heavy atom. The summed E-state index contributed by atoms with van der Waals surface area (Å²) in [4.78, 5) is 0.222. The van der Waals surface area contributed by atoms with E-state index in [9.17, 15) is 8.42 Å². The van der Waals surface area contributed by atoms with Crippen molar-refractivity contribution >= 4 is 10.1 Å². The standard InChI is InChI=1S/C13H19O3S/c1-3-4-5-6-11-16-17(14,15)13-9-7-12(2)8-10-13/h7-10H,1,3-6,11H2,2H3. The first kappa shape index (κ1) is 14.2. The molecule has 1 rings (SSSR count). The molecule has 0 bridgehead atoms. The average molecular weight is 255 g/mol. The van der Waals surface area contributed by atoms with Crippen molar-refractivity contribution in [3.05, 3.63) is 36.8 Å². The maximum absolute atomic E-state index is 11.7. The third-order valence-corrected chi connectivity index (χ3v) is 3.77. The predicted octanol–water partition coefficient (Wildman–Crippen LogP) is 3.09. The first-order chi connectivity index (χ1) is 8.06. The minimum absolute atomic E-state index is 0.222. The molecule has 0 spiro atoms. The minimum Gasteiger partial charge on any atom is -0.266 e. The summed E-state index contributed by atoms with van der Waals surface area (Å²) in [5.41, 5.74) is 1.03. The zero-order valence-electron chi connectivity index (χ0n) is 10.2. The van der Waals surface area contributed by atoms with E-state index in [0.717, 1.165) is 31.2 Å². The lowest BCUT2D eigenvalue weighted by Gasteiger charge is -2.05. The summed E-state index contributed by atoms with van der Waals surface area (Å²) in [5.74, 6) is 0. The van der Waals surface area contributed by atoms with Crippen LogP contribution in [0.1, 0.15) is 31.2 Å². The van der Waals surface area contributed by atoms with Crippen LogP contribution < -0.4 is 0 Å². The third-order valence-electron chi connectivity index (χ3n) is 2.44. The van der Waals surface area contributed by atoms with Gasteiger partial charge in [-0.3, -0.25) is 4.18 Å². The highest BCUT2D eigenvalue weighted by Gasteiger charge is 2.13. The summed E-state index contributed by atoms with van der Waals surface area (Å²) >= 11 is 0. The van der Waals surface area contributed by atoms with E-state index in [4.69, 9.17) is 4.18 Å². The minimum atomic E-state index is -3.58. The van der Waals surface area contributed by atoms with E-state index < -0.39 is 10.1 Å². The van der Waals surface area contributed by atoms with Gasteiger partial charge in [0.15, 0.2) is 0 Å². The molecule has 0 saturated heterocycles. The van der Waals surface area contributed by atoms with Gasteiger partial charge in [0.25, 0.3) is 10.1 Å². The maximum Gasteiger partial charge on any atom is 0.296 e. The molecular formula is C13H19O3S. The highest BCUT2D eigenvalue weighted by Crippen LogP contribution is 2.13. The van der Waals surface area contributed by atoms with Crippen molar-refractivity contribution in [2.45, 2.75) is 37.5 Å². The average Bonchev–Trinajstić information content (AvgIpc) is 2.29. The van der Waals surface area contributed by atoms with E-state index in [-0.39, 0.29) is 11.5 Å². The normalized spacial score (nSPS) is 11.6. The van der Waals surface area contributed by atoms with Gasteiger partial charge < -0.3 is 0 Å². The first-order valence-electron chi connectivity index (χ1n) is 5.81. The van der Waals surface area contributed by atoms with Crippen molar-refractivity contribution in [3.63, 3.8) is 0 Å². The van der Waals surface area contributed by atoms with Gasteiger partial charge >= 0.3 is 0 Å². The van der Waals surface area contributed by atoms with Crippen LogP contribution in [-0.4, -0.2) is 15.0 Å². The molecule has 0 fully saturated rings. The fraction of sp³-hybridized carbons (Fsp3) is 0.462. The Labute approximate surface area is 104 Å². The molecule has 3 nitrogen and oxygen atoms in total. The summed E-state index contributed by atoms with van der Waals surface area (Å²) in [6.45, 7) is 5.89. The smallest absolute Gasteiger partial charge is 0.266 e. The molecule has 0 unspecified atom stereocenters. The van der Waals surface area contributed by atoms with Crippen LogP contribution in [0.5, 0.6) is 0 Å². The second kappa shape index (κ2) is 6.77. The monoisotopic (exact) mass is 255 g/mol. The number of benzene rings is 1. The van der Waals surface area contributed by atoms with Gasteiger partial charge in [0.2, 0.25) is 0 Å². The highest BCUT2D eigenvalue weighted by atomic mass is 32.2. The van der Waals surface area contributed by atoms with Crippen molar-refractivity contribution < 1.29 is 12.6 Å². The Bertz CT molecular complexity index is 420. The Morgan fingerprint density at radius 3 is 2.35 bits per heavy atom. The SMILES string of the molecule is [CH2]CCCCCOS(=O)(=O)c1ccc(C)cc1. The molecule has 1 radical (unpaired) electrons. The van der Waals surface area contributed by atoms with Crippen LogP contribution in [0.15, 0.2) is 29.2 Å². The van der Waals surface area contributed by atoms with Crippen molar-refractivity contribution in [2.24, 2.45) is 0 Å². The maximum atomic E-state index is 11.7. The zero-order valence-corrected chi connectivity index (χ0v) is 11.0. The fourth-order valence-corrected chi connectivity index (χ4v) is 2.34. The number of unbranched alkanes of at least 4 members (excludes halogenated alkanes) is 3. The Balaban J connectivity index is 2.48. The van der Waals surface area contributed by atoms with Crippen molar-refractivity contribution in [1.29, 1.82) is 0 Å². The molecule has 0 aliphatic rings. The molecule has 0 amide bonds. The van der Waals surface area contributed by atoms with Crippen molar-refractivity contribution in [2.75, 3.05) is 6.61 Å². The molecule has 0 aliphatic carbocycles. The molecule has 0 heterocycles. The largest absolute Gasteiger partial charge is 0.296 e. The van der Waals surface area contributed by atoms with Crippen LogP contribution >= 0.6 is 0 Å². The lowest BCUT2D eigenvalue weighted by Crippen LogP contribution is -2.07. The van der Waals surface area contributed by atoms with Crippen LogP contribution in [0.4, 0.5) is 0 Å². The number of hydrogen-bond acceptors (Lipinski definition) is 3. The molecule has 4 heteroatoms. The van der Waals surface area contributed by atoms with Gasteiger partial charge in [0.1, 0.15) is 0 Å². The van der Waals surface area contributed by atoms with Crippen LogP contribution in [-0.2, 0) is 14.3 Å². The molecule has 1 aromatic carbocycles. The summed E-state index contributed by atoms with van der Waals surface area (Å²) < 4.78 is 28.4. The second-order valence-electron chi connectivity index (χ2n) is 4.00. The topological polar surface area (TPSA) is 43.4 Å². The zero-order chi connectivity index (χ0) is 12.7. The van der Waals surface area contributed by atoms with Gasteiger partial charge in [-0.1, -0.05) is 43.9 Å². The Morgan fingerprint density at radius 1 is 1.12 bits per heavy atom. The molecule has 0 saturated carbocycles. The molecule has 95 valence electrons. The fourth-order valence-electron chi connectivity index (χ4n) is 1.40. The molecule has 0 aromatic heterocycles. The van der Waals surface area contributed by atoms with Crippen LogP contribution in [0, 0.1) is 13.8 Å². The highest BCUT2D eigenvalue weighted by molar-refractivity contribution is 7.86. The van der Waals surface area contributed by atoms with Crippen LogP contribution in [0.3, 0.4) is 0 Å². The van der Waals surface area contributed by atoms with Gasteiger partial charge in [0, 0.05) is 0 Å². The van der Waals surface area contributed by atoms with Gasteiger partial charge in [-0.2, -0.15) is 8.42 Å². The second-order valence-corrected chi connectivity index (χ2v) is 5.62. The third kappa shape index (κ3) is 4.88. The molecule has 17 heavy (non-hydrogen) atoms. The lowest BCUT2D eigenvalue weighted by atomic mass is 10.2. The van der Waals surface area contributed by atoms with E-state index in [1.807, 2.05) is 6.92 Å². The summed E-state index contributed by atoms with van der Waals surface area (Å²) in [6.07, 6.45) is 3.59. The van der Waals surface area contributed by atoms with E-state index >= 15 is 0 Å². The van der Waals surface area contributed by atoms with Gasteiger partial charge in [-0.15, -0.1) is 0 Å². The molecule has 0 aliphatic heterocycles. The lowest BCUT2D eigenvalue weighted by molar-refractivity contribution is 0.307. The quantitative estimate of drug-likeness (QED) is 0.555.